The summed E-state index contributed by atoms with van der Waals surface area (Å²) in [6.07, 6.45) is 2.73. The van der Waals surface area contributed by atoms with E-state index in [4.69, 9.17) is 4.74 Å². The molecule has 1 aliphatic rings. The summed E-state index contributed by atoms with van der Waals surface area (Å²) in [4.78, 5) is 15.4. The Hall–Kier alpha value is -2.33. The molecule has 156 valence electrons. The smallest absolute Gasteiger partial charge is 0.223 e. The third-order valence-electron chi connectivity index (χ3n) is 5.99. The van der Waals surface area contributed by atoms with Crippen molar-refractivity contribution in [2.45, 2.75) is 52.6 Å². The van der Waals surface area contributed by atoms with Crippen molar-refractivity contribution >= 4 is 5.91 Å². The molecule has 1 amide bonds. The molecule has 1 N–H and O–H groups in total. The first kappa shape index (κ1) is 21.4. The molecule has 3 rings (SSSR count). The lowest BCUT2D eigenvalue weighted by Crippen LogP contribution is -2.41. The molecule has 0 spiro atoms. The van der Waals surface area contributed by atoms with E-state index in [9.17, 15) is 4.79 Å². The second-order valence-corrected chi connectivity index (χ2v) is 8.24. The Kier molecular flexibility index (Phi) is 7.32. The zero-order chi connectivity index (χ0) is 20.8. The zero-order valence-corrected chi connectivity index (χ0v) is 18.2. The van der Waals surface area contributed by atoms with Crippen LogP contribution in [-0.4, -0.2) is 31.0 Å². The Morgan fingerprint density at radius 1 is 1.17 bits per heavy atom. The lowest BCUT2D eigenvalue weighted by Gasteiger charge is -2.32. The van der Waals surface area contributed by atoms with Gasteiger partial charge in [-0.2, -0.15) is 0 Å². The van der Waals surface area contributed by atoms with E-state index in [1.54, 1.807) is 7.11 Å². The minimum atomic E-state index is 0.0532. The maximum absolute atomic E-state index is 12.9. The van der Waals surface area contributed by atoms with Gasteiger partial charge in [0.05, 0.1) is 13.2 Å². The molecule has 0 aliphatic carbocycles. The van der Waals surface area contributed by atoms with Crippen molar-refractivity contribution in [3.63, 3.8) is 0 Å². The topological polar surface area (TPSA) is 41.6 Å². The van der Waals surface area contributed by atoms with E-state index in [2.05, 4.69) is 60.5 Å². The van der Waals surface area contributed by atoms with Crippen molar-refractivity contribution < 1.29 is 9.53 Å². The predicted molar refractivity (Wildman–Crippen MR) is 118 cm³/mol. The molecule has 1 atom stereocenters. The second kappa shape index (κ2) is 9.93. The number of piperidine rings is 1. The number of ether oxygens (including phenoxy) is 1. The monoisotopic (exact) mass is 394 g/mol. The highest BCUT2D eigenvalue weighted by Crippen LogP contribution is 2.26. The Labute approximate surface area is 175 Å². The van der Waals surface area contributed by atoms with E-state index in [1.165, 1.54) is 11.1 Å². The van der Waals surface area contributed by atoms with Crippen molar-refractivity contribution in [1.82, 2.24) is 10.2 Å². The fraction of sp³-hybridized carbons (Fsp3) is 0.480. The summed E-state index contributed by atoms with van der Waals surface area (Å²) in [6, 6.07) is 14.9. The quantitative estimate of drug-likeness (QED) is 0.734. The first-order valence-corrected chi connectivity index (χ1v) is 10.7. The van der Waals surface area contributed by atoms with Crippen LogP contribution in [-0.2, 0) is 11.3 Å². The number of benzene rings is 2. The number of nitrogens with zero attached hydrogens (tertiary/aromatic N) is 1. The van der Waals surface area contributed by atoms with Crippen LogP contribution in [0.5, 0.6) is 5.75 Å². The molecule has 1 heterocycles. The summed E-state index contributed by atoms with van der Waals surface area (Å²) in [5.74, 6) is 1.19. The first-order valence-electron chi connectivity index (χ1n) is 10.7. The summed E-state index contributed by atoms with van der Waals surface area (Å²) in [6.45, 7) is 9.22. The van der Waals surface area contributed by atoms with Crippen molar-refractivity contribution in [1.29, 1.82) is 0 Å². The second-order valence-electron chi connectivity index (χ2n) is 8.24. The van der Waals surface area contributed by atoms with Gasteiger partial charge in [0.2, 0.25) is 5.91 Å². The maximum Gasteiger partial charge on any atom is 0.223 e. The molecule has 4 heteroatoms. The van der Waals surface area contributed by atoms with Gasteiger partial charge in [-0.05, 0) is 69.0 Å². The molecule has 0 saturated carbocycles. The average Bonchev–Trinajstić information content (AvgIpc) is 2.72. The molecular formula is C25H34N2O2. The molecule has 1 aliphatic heterocycles. The molecule has 4 nitrogen and oxygen atoms in total. The van der Waals surface area contributed by atoms with E-state index >= 15 is 0 Å². The number of carbonyl (C=O) groups is 1. The molecule has 1 saturated heterocycles. The number of amides is 1. The van der Waals surface area contributed by atoms with Crippen LogP contribution in [0.1, 0.15) is 54.5 Å². The van der Waals surface area contributed by atoms with Crippen LogP contribution in [0.15, 0.2) is 42.5 Å². The third-order valence-corrected chi connectivity index (χ3v) is 5.99. The van der Waals surface area contributed by atoms with Crippen LogP contribution >= 0.6 is 0 Å². The molecule has 29 heavy (non-hydrogen) atoms. The minimum Gasteiger partial charge on any atom is -0.496 e. The number of methoxy groups -OCH3 is 1. The number of hydrogen-bond acceptors (Lipinski definition) is 3. The number of rotatable bonds is 7. The number of aryl methyl sites for hydroxylation is 2. The van der Waals surface area contributed by atoms with Gasteiger partial charge in [-0.25, -0.2) is 0 Å². The molecule has 1 unspecified atom stereocenters. The van der Waals surface area contributed by atoms with Crippen LogP contribution in [0.3, 0.4) is 0 Å². The normalized spacial score (nSPS) is 16.4. The van der Waals surface area contributed by atoms with Gasteiger partial charge in [0, 0.05) is 12.5 Å². The van der Waals surface area contributed by atoms with Crippen molar-refractivity contribution in [2.75, 3.05) is 20.2 Å². The largest absolute Gasteiger partial charge is 0.496 e. The Morgan fingerprint density at radius 3 is 2.55 bits per heavy atom. The van der Waals surface area contributed by atoms with Gasteiger partial charge in [-0.3, -0.25) is 9.69 Å². The fourth-order valence-electron chi connectivity index (χ4n) is 4.25. The number of hydrogen-bond donors (Lipinski definition) is 1. The highest BCUT2D eigenvalue weighted by Gasteiger charge is 2.26. The molecule has 0 aromatic heterocycles. The highest BCUT2D eigenvalue weighted by atomic mass is 16.5. The summed E-state index contributed by atoms with van der Waals surface area (Å²) >= 11 is 0. The third kappa shape index (κ3) is 5.60. The van der Waals surface area contributed by atoms with E-state index in [-0.39, 0.29) is 17.9 Å². The van der Waals surface area contributed by atoms with Gasteiger partial charge >= 0.3 is 0 Å². The highest BCUT2D eigenvalue weighted by molar-refractivity contribution is 5.79. The van der Waals surface area contributed by atoms with Crippen molar-refractivity contribution in [3.8, 4) is 5.75 Å². The summed E-state index contributed by atoms with van der Waals surface area (Å²) in [5, 5.41) is 3.29. The standard InChI is InChI=1S/C25H34N2O2/c1-5-23(22-9-10-24(29-4)19(3)16-22)26-25(28)21-11-13-27(14-12-21)17-20-8-6-7-18(2)15-20/h6-10,15-16,21,23H,5,11-14,17H2,1-4H3,(H,26,28). The van der Waals surface area contributed by atoms with Crippen LogP contribution in [0.4, 0.5) is 0 Å². The Balaban J connectivity index is 1.53. The summed E-state index contributed by atoms with van der Waals surface area (Å²) in [5.41, 5.74) is 4.91. The van der Waals surface area contributed by atoms with Crippen molar-refractivity contribution in [2.24, 2.45) is 5.92 Å². The molecule has 2 aromatic carbocycles. The fourth-order valence-corrected chi connectivity index (χ4v) is 4.25. The summed E-state index contributed by atoms with van der Waals surface area (Å²) in [7, 11) is 1.69. The van der Waals surface area contributed by atoms with Crippen LogP contribution in [0.25, 0.3) is 0 Å². The number of likely N-dealkylation sites (tertiary alicyclic amines) is 1. The van der Waals surface area contributed by atoms with Gasteiger partial charge in [-0.15, -0.1) is 0 Å². The Bertz CT molecular complexity index is 825. The molecule has 0 radical (unpaired) electrons. The number of nitrogens with one attached hydrogen (secondary N) is 1. The first-order chi connectivity index (χ1) is 14.0. The van der Waals surface area contributed by atoms with E-state index in [1.807, 2.05) is 13.0 Å². The van der Waals surface area contributed by atoms with Crippen LogP contribution in [0.2, 0.25) is 0 Å². The zero-order valence-electron chi connectivity index (χ0n) is 18.2. The van der Waals surface area contributed by atoms with Gasteiger partial charge in [-0.1, -0.05) is 48.9 Å². The van der Waals surface area contributed by atoms with Gasteiger partial charge < -0.3 is 10.1 Å². The molecule has 1 fully saturated rings. The minimum absolute atomic E-state index is 0.0532. The van der Waals surface area contributed by atoms with Gasteiger partial charge in [0.25, 0.3) is 0 Å². The van der Waals surface area contributed by atoms with Crippen LogP contribution < -0.4 is 10.1 Å². The molecule has 0 bridgehead atoms. The summed E-state index contributed by atoms with van der Waals surface area (Å²) < 4.78 is 5.36. The SMILES string of the molecule is CCC(NC(=O)C1CCN(Cc2cccc(C)c2)CC1)c1ccc(OC)c(C)c1. The number of carbonyl (C=O) groups excluding carboxylic acids is 1. The molecular weight excluding hydrogens is 360 g/mol. The van der Waals surface area contributed by atoms with Gasteiger partial charge in [0.1, 0.15) is 5.75 Å². The van der Waals surface area contributed by atoms with Gasteiger partial charge in [0.15, 0.2) is 0 Å². The Morgan fingerprint density at radius 2 is 1.93 bits per heavy atom. The molecule has 2 aromatic rings. The maximum atomic E-state index is 12.9. The van der Waals surface area contributed by atoms with E-state index in [0.717, 1.165) is 55.8 Å². The lowest BCUT2D eigenvalue weighted by molar-refractivity contribution is -0.127. The predicted octanol–water partition coefficient (Wildman–Crippen LogP) is 4.79. The van der Waals surface area contributed by atoms with E-state index < -0.39 is 0 Å². The lowest BCUT2D eigenvalue weighted by atomic mass is 9.94. The average molecular weight is 395 g/mol. The van der Waals surface area contributed by atoms with E-state index in [0.29, 0.717) is 0 Å². The van der Waals surface area contributed by atoms with Crippen molar-refractivity contribution in [3.05, 3.63) is 64.7 Å². The van der Waals surface area contributed by atoms with Crippen LogP contribution in [0, 0.1) is 19.8 Å².